The van der Waals surface area contributed by atoms with Gasteiger partial charge in [0.15, 0.2) is 0 Å². The van der Waals surface area contributed by atoms with E-state index in [9.17, 15) is 4.79 Å². The summed E-state index contributed by atoms with van der Waals surface area (Å²) in [5, 5.41) is 8.96. The molecule has 76 valence electrons. The molecule has 1 unspecified atom stereocenters. The van der Waals surface area contributed by atoms with Gasteiger partial charge in [0.1, 0.15) is 0 Å². The first-order valence-corrected chi connectivity index (χ1v) is 4.57. The third-order valence-corrected chi connectivity index (χ3v) is 2.56. The van der Waals surface area contributed by atoms with Crippen LogP contribution in [-0.2, 0) is 4.79 Å². The molecule has 0 heterocycles. The van der Waals surface area contributed by atoms with Gasteiger partial charge in [0.25, 0.3) is 0 Å². The summed E-state index contributed by atoms with van der Waals surface area (Å²) in [5.41, 5.74) is 8.38. The lowest BCUT2D eigenvalue weighted by Crippen LogP contribution is -2.22. The fourth-order valence-electron chi connectivity index (χ4n) is 1.51. The van der Waals surface area contributed by atoms with Gasteiger partial charge in [0.05, 0.1) is 5.92 Å². The van der Waals surface area contributed by atoms with E-state index in [0.717, 1.165) is 16.7 Å². The van der Waals surface area contributed by atoms with E-state index in [1.165, 1.54) is 0 Å². The standard InChI is InChI=1S/C11H15NO2/c1-7-4-3-5-9(8(7)2)10(6-12)11(13)14/h3-5,10H,6,12H2,1-2H3,(H,13,14). The smallest absolute Gasteiger partial charge is 0.312 e. The highest BCUT2D eigenvalue weighted by atomic mass is 16.4. The highest BCUT2D eigenvalue weighted by molar-refractivity contribution is 5.77. The molecular weight excluding hydrogens is 178 g/mol. The fourth-order valence-corrected chi connectivity index (χ4v) is 1.51. The third kappa shape index (κ3) is 1.93. The zero-order chi connectivity index (χ0) is 10.7. The molecule has 3 nitrogen and oxygen atoms in total. The van der Waals surface area contributed by atoms with Crippen LogP contribution in [0.25, 0.3) is 0 Å². The van der Waals surface area contributed by atoms with E-state index in [0.29, 0.717) is 0 Å². The Morgan fingerprint density at radius 3 is 2.64 bits per heavy atom. The Bertz CT molecular complexity index is 347. The molecule has 1 atom stereocenters. The number of benzene rings is 1. The maximum atomic E-state index is 10.9. The Morgan fingerprint density at radius 1 is 1.50 bits per heavy atom. The second-order valence-corrected chi connectivity index (χ2v) is 3.42. The van der Waals surface area contributed by atoms with Crippen LogP contribution in [0.15, 0.2) is 18.2 Å². The van der Waals surface area contributed by atoms with E-state index in [2.05, 4.69) is 0 Å². The Morgan fingerprint density at radius 2 is 2.14 bits per heavy atom. The molecule has 0 aliphatic heterocycles. The molecule has 1 aromatic rings. The highest BCUT2D eigenvalue weighted by Crippen LogP contribution is 2.21. The normalized spacial score (nSPS) is 12.5. The molecule has 0 bridgehead atoms. The van der Waals surface area contributed by atoms with Crippen LogP contribution in [0.2, 0.25) is 0 Å². The Labute approximate surface area is 83.6 Å². The average molecular weight is 193 g/mol. The predicted octanol–water partition coefficient (Wildman–Crippen LogP) is 1.43. The molecule has 1 rings (SSSR count). The van der Waals surface area contributed by atoms with Crippen molar-refractivity contribution in [1.82, 2.24) is 0 Å². The first kappa shape index (κ1) is 10.7. The third-order valence-electron chi connectivity index (χ3n) is 2.56. The second kappa shape index (κ2) is 4.24. The van der Waals surface area contributed by atoms with Crippen molar-refractivity contribution in [2.24, 2.45) is 5.73 Å². The van der Waals surface area contributed by atoms with E-state index in [1.807, 2.05) is 32.0 Å². The van der Waals surface area contributed by atoms with E-state index in [4.69, 9.17) is 10.8 Å². The summed E-state index contributed by atoms with van der Waals surface area (Å²) in [6.45, 7) is 4.03. The topological polar surface area (TPSA) is 63.3 Å². The molecule has 0 aliphatic rings. The zero-order valence-electron chi connectivity index (χ0n) is 8.45. The number of carboxylic acids is 1. The molecule has 0 radical (unpaired) electrons. The van der Waals surface area contributed by atoms with Gasteiger partial charge in [0.2, 0.25) is 0 Å². The molecule has 0 aliphatic carbocycles. The van der Waals surface area contributed by atoms with Crippen molar-refractivity contribution in [2.45, 2.75) is 19.8 Å². The van der Waals surface area contributed by atoms with Gasteiger partial charge in [0, 0.05) is 6.54 Å². The van der Waals surface area contributed by atoms with E-state index in [-0.39, 0.29) is 6.54 Å². The Hall–Kier alpha value is -1.35. The van der Waals surface area contributed by atoms with Gasteiger partial charge in [-0.3, -0.25) is 4.79 Å². The minimum Gasteiger partial charge on any atom is -0.481 e. The minimum absolute atomic E-state index is 0.139. The van der Waals surface area contributed by atoms with Gasteiger partial charge in [-0.25, -0.2) is 0 Å². The van der Waals surface area contributed by atoms with Crippen molar-refractivity contribution in [3.8, 4) is 0 Å². The molecule has 14 heavy (non-hydrogen) atoms. The van der Waals surface area contributed by atoms with Crippen LogP contribution in [0.5, 0.6) is 0 Å². The maximum absolute atomic E-state index is 10.9. The van der Waals surface area contributed by atoms with Crippen LogP contribution in [0, 0.1) is 13.8 Å². The number of rotatable bonds is 3. The molecule has 0 fully saturated rings. The number of nitrogens with two attached hydrogens (primary N) is 1. The lowest BCUT2D eigenvalue weighted by atomic mass is 9.92. The van der Waals surface area contributed by atoms with Crippen LogP contribution >= 0.6 is 0 Å². The molecule has 0 amide bonds. The van der Waals surface area contributed by atoms with Gasteiger partial charge in [-0.05, 0) is 30.5 Å². The van der Waals surface area contributed by atoms with E-state index < -0.39 is 11.9 Å². The van der Waals surface area contributed by atoms with Gasteiger partial charge in [-0.15, -0.1) is 0 Å². The van der Waals surface area contributed by atoms with Crippen molar-refractivity contribution < 1.29 is 9.90 Å². The van der Waals surface area contributed by atoms with Crippen molar-refractivity contribution in [3.05, 3.63) is 34.9 Å². The molecule has 3 N–H and O–H groups in total. The maximum Gasteiger partial charge on any atom is 0.312 e. The SMILES string of the molecule is Cc1cccc(C(CN)C(=O)O)c1C. The van der Waals surface area contributed by atoms with Crippen molar-refractivity contribution in [2.75, 3.05) is 6.54 Å². The average Bonchev–Trinajstić information content (AvgIpc) is 2.13. The number of hydrogen-bond donors (Lipinski definition) is 2. The summed E-state index contributed by atoms with van der Waals surface area (Å²) in [6, 6.07) is 5.66. The van der Waals surface area contributed by atoms with Gasteiger partial charge in [-0.2, -0.15) is 0 Å². The Kier molecular flexibility index (Phi) is 3.25. The zero-order valence-corrected chi connectivity index (χ0v) is 8.45. The van der Waals surface area contributed by atoms with Gasteiger partial charge >= 0.3 is 5.97 Å². The number of aryl methyl sites for hydroxylation is 1. The number of hydrogen-bond acceptors (Lipinski definition) is 2. The number of carbonyl (C=O) groups is 1. The van der Waals surface area contributed by atoms with Crippen molar-refractivity contribution in [3.63, 3.8) is 0 Å². The highest BCUT2D eigenvalue weighted by Gasteiger charge is 2.19. The van der Waals surface area contributed by atoms with E-state index >= 15 is 0 Å². The quantitative estimate of drug-likeness (QED) is 0.763. The van der Waals surface area contributed by atoms with Crippen molar-refractivity contribution in [1.29, 1.82) is 0 Å². The number of aliphatic carboxylic acids is 1. The summed E-state index contributed by atoms with van der Waals surface area (Å²) < 4.78 is 0. The largest absolute Gasteiger partial charge is 0.481 e. The minimum atomic E-state index is -0.860. The molecule has 0 saturated carbocycles. The van der Waals surface area contributed by atoms with Crippen molar-refractivity contribution >= 4 is 5.97 Å². The van der Waals surface area contributed by atoms with Crippen LogP contribution in [-0.4, -0.2) is 17.6 Å². The molecule has 0 spiro atoms. The van der Waals surface area contributed by atoms with Crippen LogP contribution in [0.4, 0.5) is 0 Å². The molecular formula is C11H15NO2. The predicted molar refractivity (Wildman–Crippen MR) is 55.3 cm³/mol. The summed E-state index contributed by atoms with van der Waals surface area (Å²) in [5.74, 6) is -1.45. The Balaban J connectivity index is 3.16. The molecule has 0 saturated heterocycles. The van der Waals surface area contributed by atoms with Gasteiger partial charge in [-0.1, -0.05) is 18.2 Å². The fraction of sp³-hybridized carbons (Fsp3) is 0.364. The molecule has 1 aromatic carbocycles. The number of carboxylic acid groups (broad SMARTS) is 1. The van der Waals surface area contributed by atoms with Gasteiger partial charge < -0.3 is 10.8 Å². The lowest BCUT2D eigenvalue weighted by Gasteiger charge is -2.14. The van der Waals surface area contributed by atoms with E-state index in [1.54, 1.807) is 0 Å². The van der Waals surface area contributed by atoms with Crippen LogP contribution in [0.3, 0.4) is 0 Å². The lowest BCUT2D eigenvalue weighted by molar-refractivity contribution is -0.138. The monoisotopic (exact) mass is 193 g/mol. The first-order chi connectivity index (χ1) is 6.57. The molecule has 3 heteroatoms. The van der Waals surface area contributed by atoms with Crippen LogP contribution in [0.1, 0.15) is 22.6 Å². The summed E-state index contributed by atoms with van der Waals surface area (Å²) in [7, 11) is 0. The summed E-state index contributed by atoms with van der Waals surface area (Å²) in [6.07, 6.45) is 0. The second-order valence-electron chi connectivity index (χ2n) is 3.42. The summed E-state index contributed by atoms with van der Waals surface area (Å²) in [4.78, 5) is 10.9. The summed E-state index contributed by atoms with van der Waals surface area (Å²) >= 11 is 0. The first-order valence-electron chi connectivity index (χ1n) is 4.57. The van der Waals surface area contributed by atoms with Crippen LogP contribution < -0.4 is 5.73 Å². The molecule has 0 aromatic heterocycles.